The molecule has 1 aliphatic carbocycles. The molecule has 19 heavy (non-hydrogen) atoms. The van der Waals surface area contributed by atoms with Crippen LogP contribution in [0.1, 0.15) is 37.3 Å². The topological polar surface area (TPSA) is 54.5 Å². The quantitative estimate of drug-likeness (QED) is 0.841. The number of aromatic amines is 1. The molecule has 98 valence electrons. The van der Waals surface area contributed by atoms with Crippen LogP contribution in [-0.2, 0) is 0 Å². The summed E-state index contributed by atoms with van der Waals surface area (Å²) < 4.78 is 1.52. The van der Waals surface area contributed by atoms with Gasteiger partial charge in [-0.2, -0.15) is 0 Å². The van der Waals surface area contributed by atoms with Crippen LogP contribution in [0.5, 0.6) is 0 Å². The largest absolute Gasteiger partial charge is 0.341 e. The summed E-state index contributed by atoms with van der Waals surface area (Å²) in [5.74, 6) is 1.26. The summed E-state index contributed by atoms with van der Waals surface area (Å²) in [4.78, 5) is 15.9. The van der Waals surface area contributed by atoms with Crippen molar-refractivity contribution in [1.82, 2.24) is 19.9 Å². The number of hydrogen-bond acceptors (Lipinski definition) is 4. The van der Waals surface area contributed by atoms with Crippen LogP contribution in [0.25, 0.3) is 11.5 Å². The van der Waals surface area contributed by atoms with Gasteiger partial charge >= 0.3 is 0 Å². The van der Waals surface area contributed by atoms with Gasteiger partial charge in [0.1, 0.15) is 16.7 Å². The van der Waals surface area contributed by atoms with E-state index in [0.717, 1.165) is 21.7 Å². The highest BCUT2D eigenvalue weighted by atomic mass is 79.9. The van der Waals surface area contributed by atoms with Crippen molar-refractivity contribution in [2.24, 2.45) is 0 Å². The van der Waals surface area contributed by atoms with Crippen LogP contribution < -0.4 is 0 Å². The summed E-state index contributed by atoms with van der Waals surface area (Å²) in [7, 11) is 0. The Morgan fingerprint density at radius 1 is 1.32 bits per heavy atom. The molecule has 2 aromatic heterocycles. The Labute approximate surface area is 124 Å². The van der Waals surface area contributed by atoms with Crippen LogP contribution in [0.4, 0.5) is 0 Å². The highest BCUT2D eigenvalue weighted by molar-refractivity contribution is 9.10. The molecule has 0 aromatic carbocycles. The summed E-state index contributed by atoms with van der Waals surface area (Å²) in [6.07, 6.45) is 8.20. The van der Waals surface area contributed by atoms with E-state index in [9.17, 15) is 0 Å². The molecule has 0 amide bonds. The summed E-state index contributed by atoms with van der Waals surface area (Å²) in [6.45, 7) is 0. The first-order valence-electron chi connectivity index (χ1n) is 6.32. The monoisotopic (exact) mass is 336 g/mol. The fraction of sp³-hybridized carbons (Fsp3) is 0.385. The van der Waals surface area contributed by atoms with Gasteiger partial charge < -0.3 is 4.98 Å². The van der Waals surface area contributed by atoms with Gasteiger partial charge in [0.25, 0.3) is 0 Å². The molecule has 0 saturated heterocycles. The molecule has 0 spiro atoms. The Bertz CT molecular complexity index is 635. The summed E-state index contributed by atoms with van der Waals surface area (Å²) in [5, 5.41) is 0. The van der Waals surface area contributed by atoms with Gasteiger partial charge in [-0.25, -0.2) is 15.0 Å². The van der Waals surface area contributed by atoms with Crippen molar-refractivity contribution in [3.05, 3.63) is 33.4 Å². The molecular formula is C13H13BrN4S. The second kappa shape index (κ2) is 5.46. The summed E-state index contributed by atoms with van der Waals surface area (Å²) in [5.41, 5.74) is 1.93. The number of nitrogens with zero attached hydrogens (tertiary/aromatic N) is 3. The molecule has 0 radical (unpaired) electrons. The van der Waals surface area contributed by atoms with Crippen LogP contribution in [-0.4, -0.2) is 19.9 Å². The first kappa shape index (κ1) is 12.9. The predicted octanol–water partition coefficient (Wildman–Crippen LogP) is 4.02. The average molecular weight is 337 g/mol. The fourth-order valence-corrected chi connectivity index (χ4v) is 3.24. The van der Waals surface area contributed by atoms with Crippen molar-refractivity contribution in [3.8, 4) is 11.5 Å². The lowest BCUT2D eigenvalue weighted by Crippen LogP contribution is -2.03. The SMILES string of the molecule is S=c1nc(-c2ccncn2)[nH]c(C2CCCC2)c1Br. The smallest absolute Gasteiger partial charge is 0.158 e. The number of hydrogen-bond donors (Lipinski definition) is 1. The van der Waals surface area contributed by atoms with Gasteiger partial charge in [0.05, 0.1) is 4.47 Å². The highest BCUT2D eigenvalue weighted by Gasteiger charge is 2.21. The van der Waals surface area contributed by atoms with E-state index in [2.05, 4.69) is 35.9 Å². The molecule has 1 saturated carbocycles. The van der Waals surface area contributed by atoms with E-state index in [4.69, 9.17) is 12.2 Å². The van der Waals surface area contributed by atoms with Gasteiger partial charge in [-0.1, -0.05) is 25.1 Å². The van der Waals surface area contributed by atoms with Crippen molar-refractivity contribution in [2.45, 2.75) is 31.6 Å². The van der Waals surface area contributed by atoms with Crippen LogP contribution in [0.3, 0.4) is 0 Å². The number of nitrogens with one attached hydrogen (secondary N) is 1. The van der Waals surface area contributed by atoms with Gasteiger partial charge in [0.2, 0.25) is 0 Å². The summed E-state index contributed by atoms with van der Waals surface area (Å²) in [6, 6.07) is 1.83. The van der Waals surface area contributed by atoms with Gasteiger partial charge in [-0.3, -0.25) is 0 Å². The zero-order chi connectivity index (χ0) is 13.2. The predicted molar refractivity (Wildman–Crippen MR) is 79.4 cm³/mol. The Balaban J connectivity index is 2.10. The number of rotatable bonds is 2. The van der Waals surface area contributed by atoms with E-state index in [1.54, 1.807) is 6.20 Å². The minimum atomic E-state index is 0.541. The maximum atomic E-state index is 5.34. The molecule has 1 fully saturated rings. The number of H-pyrrole nitrogens is 1. The van der Waals surface area contributed by atoms with Crippen molar-refractivity contribution in [2.75, 3.05) is 0 Å². The third-order valence-electron chi connectivity index (χ3n) is 3.48. The number of halogens is 1. The maximum Gasteiger partial charge on any atom is 0.158 e. The van der Waals surface area contributed by atoms with Crippen LogP contribution >= 0.6 is 28.1 Å². The minimum absolute atomic E-state index is 0.541. The number of aromatic nitrogens is 4. The third-order valence-corrected chi connectivity index (χ3v) is 4.84. The summed E-state index contributed by atoms with van der Waals surface area (Å²) >= 11 is 8.91. The second-order valence-corrected chi connectivity index (χ2v) is 5.87. The Morgan fingerprint density at radius 2 is 2.11 bits per heavy atom. The van der Waals surface area contributed by atoms with Gasteiger partial charge in [-0.05, 0) is 34.8 Å². The Kier molecular flexibility index (Phi) is 3.70. The molecule has 1 aliphatic rings. The molecule has 0 atom stereocenters. The lowest BCUT2D eigenvalue weighted by atomic mass is 10.0. The van der Waals surface area contributed by atoms with E-state index in [0.29, 0.717) is 10.6 Å². The lowest BCUT2D eigenvalue weighted by molar-refractivity contribution is 0.689. The van der Waals surface area contributed by atoms with E-state index >= 15 is 0 Å². The molecule has 2 aromatic rings. The molecule has 4 nitrogen and oxygen atoms in total. The highest BCUT2D eigenvalue weighted by Crippen LogP contribution is 2.37. The molecule has 0 bridgehead atoms. The molecule has 1 N–H and O–H groups in total. The lowest BCUT2D eigenvalue weighted by Gasteiger charge is -2.13. The van der Waals surface area contributed by atoms with E-state index < -0.39 is 0 Å². The van der Waals surface area contributed by atoms with Crippen LogP contribution in [0.2, 0.25) is 0 Å². The Morgan fingerprint density at radius 3 is 2.79 bits per heavy atom. The minimum Gasteiger partial charge on any atom is -0.341 e. The molecular weight excluding hydrogens is 324 g/mol. The van der Waals surface area contributed by atoms with Crippen molar-refractivity contribution < 1.29 is 0 Å². The first-order chi connectivity index (χ1) is 9.25. The van der Waals surface area contributed by atoms with Crippen LogP contribution in [0.15, 0.2) is 23.1 Å². The zero-order valence-electron chi connectivity index (χ0n) is 10.3. The molecule has 3 rings (SSSR count). The van der Waals surface area contributed by atoms with E-state index in [1.165, 1.54) is 32.0 Å². The van der Waals surface area contributed by atoms with Crippen LogP contribution in [0, 0.1) is 4.64 Å². The van der Waals surface area contributed by atoms with E-state index in [1.807, 2.05) is 6.07 Å². The fourth-order valence-electron chi connectivity index (χ4n) is 2.52. The van der Waals surface area contributed by atoms with Gasteiger partial charge in [0, 0.05) is 17.8 Å². The molecule has 6 heteroatoms. The Hall–Kier alpha value is -1.14. The van der Waals surface area contributed by atoms with E-state index in [-0.39, 0.29) is 0 Å². The first-order valence-corrected chi connectivity index (χ1v) is 7.52. The van der Waals surface area contributed by atoms with Crippen molar-refractivity contribution in [3.63, 3.8) is 0 Å². The molecule has 0 unspecified atom stereocenters. The average Bonchev–Trinajstić information content (AvgIpc) is 2.96. The normalized spacial score (nSPS) is 15.8. The van der Waals surface area contributed by atoms with Gasteiger partial charge in [-0.15, -0.1) is 0 Å². The van der Waals surface area contributed by atoms with Crippen molar-refractivity contribution in [1.29, 1.82) is 0 Å². The molecule has 0 aliphatic heterocycles. The van der Waals surface area contributed by atoms with Crippen molar-refractivity contribution >= 4 is 28.1 Å². The van der Waals surface area contributed by atoms with Gasteiger partial charge in [0.15, 0.2) is 5.82 Å². The second-order valence-electron chi connectivity index (χ2n) is 4.69. The standard InChI is InChI=1S/C13H13BrN4S/c14-10-11(8-3-1-2-4-8)17-12(18-13(10)19)9-5-6-15-7-16-9/h5-8H,1-4H2,(H,17,18,19). The third kappa shape index (κ3) is 2.60. The molecule has 2 heterocycles. The zero-order valence-corrected chi connectivity index (χ0v) is 12.7. The maximum absolute atomic E-state index is 5.34.